The van der Waals surface area contributed by atoms with Crippen molar-refractivity contribution >= 4 is 17.6 Å². The van der Waals surface area contributed by atoms with Gasteiger partial charge >= 0.3 is 5.97 Å². The van der Waals surface area contributed by atoms with Gasteiger partial charge in [0.15, 0.2) is 0 Å². The SMILES string of the molecule is CC(C(=O)O)c1cccc(NC(=O)c2ccc(C(C)(C)C)cn2)c1. The van der Waals surface area contributed by atoms with Crippen molar-refractivity contribution in [2.45, 2.75) is 39.0 Å². The molecule has 0 aliphatic heterocycles. The summed E-state index contributed by atoms with van der Waals surface area (Å²) in [7, 11) is 0. The summed E-state index contributed by atoms with van der Waals surface area (Å²) in [5.41, 5.74) is 2.53. The van der Waals surface area contributed by atoms with Gasteiger partial charge in [0.05, 0.1) is 5.92 Å². The van der Waals surface area contributed by atoms with Crippen LogP contribution in [0.15, 0.2) is 42.6 Å². The van der Waals surface area contributed by atoms with Crippen LogP contribution < -0.4 is 5.32 Å². The van der Waals surface area contributed by atoms with E-state index in [0.717, 1.165) is 5.56 Å². The normalized spacial score (nSPS) is 12.5. The van der Waals surface area contributed by atoms with Gasteiger partial charge in [-0.25, -0.2) is 0 Å². The Kier molecular flexibility index (Phi) is 5.02. The van der Waals surface area contributed by atoms with E-state index in [-0.39, 0.29) is 11.3 Å². The summed E-state index contributed by atoms with van der Waals surface area (Å²) in [4.78, 5) is 27.6. The molecule has 2 aromatic rings. The monoisotopic (exact) mass is 326 g/mol. The van der Waals surface area contributed by atoms with Crippen LogP contribution in [0.2, 0.25) is 0 Å². The van der Waals surface area contributed by atoms with Crippen molar-refractivity contribution < 1.29 is 14.7 Å². The average molecular weight is 326 g/mol. The van der Waals surface area contributed by atoms with Crippen LogP contribution in [0.3, 0.4) is 0 Å². The second-order valence-electron chi connectivity index (χ2n) is 6.82. The number of nitrogens with zero attached hydrogens (tertiary/aromatic N) is 1. The quantitative estimate of drug-likeness (QED) is 0.895. The average Bonchev–Trinajstić information content (AvgIpc) is 2.53. The first-order chi connectivity index (χ1) is 11.2. The number of aliphatic carboxylic acids is 1. The molecule has 0 spiro atoms. The first-order valence-electron chi connectivity index (χ1n) is 7.79. The van der Waals surface area contributed by atoms with E-state index in [0.29, 0.717) is 16.9 Å². The van der Waals surface area contributed by atoms with Gasteiger partial charge in [-0.2, -0.15) is 0 Å². The standard InChI is InChI=1S/C19H22N2O3/c1-12(18(23)24)13-6-5-7-15(10-13)21-17(22)16-9-8-14(11-20-16)19(2,3)4/h5-12H,1-4H3,(H,21,22)(H,23,24). The fourth-order valence-corrected chi connectivity index (χ4v) is 2.20. The number of aromatic nitrogens is 1. The van der Waals surface area contributed by atoms with E-state index < -0.39 is 11.9 Å². The summed E-state index contributed by atoms with van der Waals surface area (Å²) in [6, 6.07) is 10.4. The van der Waals surface area contributed by atoms with Gasteiger partial charge in [-0.05, 0) is 41.7 Å². The molecule has 1 atom stereocenters. The van der Waals surface area contributed by atoms with Gasteiger partial charge in [0.25, 0.3) is 5.91 Å². The third-order valence-corrected chi connectivity index (χ3v) is 3.88. The maximum Gasteiger partial charge on any atom is 0.310 e. The highest BCUT2D eigenvalue weighted by Crippen LogP contribution is 2.22. The summed E-state index contributed by atoms with van der Waals surface area (Å²) in [6.45, 7) is 7.85. The van der Waals surface area contributed by atoms with E-state index in [1.807, 2.05) is 6.07 Å². The van der Waals surface area contributed by atoms with Crippen LogP contribution in [0.4, 0.5) is 5.69 Å². The Balaban J connectivity index is 2.15. The van der Waals surface area contributed by atoms with Crippen molar-refractivity contribution in [1.29, 1.82) is 0 Å². The number of amides is 1. The fraction of sp³-hybridized carbons (Fsp3) is 0.316. The fourth-order valence-electron chi connectivity index (χ4n) is 2.20. The molecule has 0 radical (unpaired) electrons. The molecule has 1 unspecified atom stereocenters. The Bertz CT molecular complexity index is 746. The molecular formula is C19H22N2O3. The Morgan fingerprint density at radius 1 is 1.17 bits per heavy atom. The number of carboxylic acids is 1. The lowest BCUT2D eigenvalue weighted by Gasteiger charge is -2.18. The molecule has 5 nitrogen and oxygen atoms in total. The van der Waals surface area contributed by atoms with E-state index in [9.17, 15) is 9.59 Å². The number of carbonyl (C=O) groups excluding carboxylic acids is 1. The number of nitrogens with one attached hydrogen (secondary N) is 1. The molecule has 2 N–H and O–H groups in total. The number of carbonyl (C=O) groups is 2. The lowest BCUT2D eigenvalue weighted by atomic mass is 9.88. The molecule has 24 heavy (non-hydrogen) atoms. The minimum atomic E-state index is -0.905. The van der Waals surface area contributed by atoms with Crippen LogP contribution in [0.1, 0.15) is 55.2 Å². The van der Waals surface area contributed by atoms with Gasteiger partial charge in [-0.1, -0.05) is 39.0 Å². The van der Waals surface area contributed by atoms with E-state index in [2.05, 4.69) is 31.1 Å². The maximum absolute atomic E-state index is 12.3. The lowest BCUT2D eigenvalue weighted by Crippen LogP contribution is -2.16. The highest BCUT2D eigenvalue weighted by Gasteiger charge is 2.16. The summed E-state index contributed by atoms with van der Waals surface area (Å²) in [5, 5.41) is 11.8. The topological polar surface area (TPSA) is 79.3 Å². The Labute approximate surface area is 141 Å². The molecule has 0 aliphatic carbocycles. The number of anilines is 1. The third-order valence-electron chi connectivity index (χ3n) is 3.88. The molecule has 0 bridgehead atoms. The summed E-state index contributed by atoms with van der Waals surface area (Å²) < 4.78 is 0. The van der Waals surface area contributed by atoms with Crippen molar-refractivity contribution in [1.82, 2.24) is 4.98 Å². The van der Waals surface area contributed by atoms with Crippen LogP contribution in [-0.2, 0) is 10.2 Å². The molecule has 1 heterocycles. The Hall–Kier alpha value is -2.69. The zero-order valence-corrected chi connectivity index (χ0v) is 14.3. The Morgan fingerprint density at radius 3 is 2.42 bits per heavy atom. The molecule has 1 aromatic carbocycles. The maximum atomic E-state index is 12.3. The zero-order chi connectivity index (χ0) is 17.9. The van der Waals surface area contributed by atoms with Gasteiger partial charge in [0, 0.05) is 11.9 Å². The molecule has 2 rings (SSSR count). The number of hydrogen-bond acceptors (Lipinski definition) is 3. The predicted octanol–water partition coefficient (Wildman–Crippen LogP) is 3.82. The van der Waals surface area contributed by atoms with Gasteiger partial charge < -0.3 is 10.4 Å². The molecule has 1 aromatic heterocycles. The predicted molar refractivity (Wildman–Crippen MR) is 93.4 cm³/mol. The molecule has 5 heteroatoms. The molecular weight excluding hydrogens is 304 g/mol. The van der Waals surface area contributed by atoms with Crippen molar-refractivity contribution in [3.8, 4) is 0 Å². The van der Waals surface area contributed by atoms with Crippen molar-refractivity contribution in [2.75, 3.05) is 5.32 Å². The summed E-state index contributed by atoms with van der Waals surface area (Å²) >= 11 is 0. The summed E-state index contributed by atoms with van der Waals surface area (Å²) in [5.74, 6) is -1.86. The van der Waals surface area contributed by atoms with E-state index >= 15 is 0 Å². The van der Waals surface area contributed by atoms with Gasteiger partial charge in [0.1, 0.15) is 5.69 Å². The van der Waals surface area contributed by atoms with Gasteiger partial charge in [-0.3, -0.25) is 14.6 Å². The van der Waals surface area contributed by atoms with Crippen LogP contribution >= 0.6 is 0 Å². The van der Waals surface area contributed by atoms with E-state index in [1.165, 1.54) is 0 Å². The lowest BCUT2D eigenvalue weighted by molar-refractivity contribution is -0.138. The smallest absolute Gasteiger partial charge is 0.310 e. The number of hydrogen-bond donors (Lipinski definition) is 2. The molecule has 1 amide bonds. The molecule has 0 aliphatic rings. The zero-order valence-electron chi connectivity index (χ0n) is 14.3. The van der Waals surface area contributed by atoms with Crippen LogP contribution in [0, 0.1) is 0 Å². The first kappa shape index (κ1) is 17.7. The van der Waals surface area contributed by atoms with E-state index in [4.69, 9.17) is 5.11 Å². The summed E-state index contributed by atoms with van der Waals surface area (Å²) in [6.07, 6.45) is 1.71. The second kappa shape index (κ2) is 6.83. The second-order valence-corrected chi connectivity index (χ2v) is 6.82. The van der Waals surface area contributed by atoms with Gasteiger partial charge in [0.2, 0.25) is 0 Å². The largest absolute Gasteiger partial charge is 0.481 e. The van der Waals surface area contributed by atoms with Crippen molar-refractivity contribution in [2.24, 2.45) is 0 Å². The number of benzene rings is 1. The van der Waals surface area contributed by atoms with Gasteiger partial charge in [-0.15, -0.1) is 0 Å². The van der Waals surface area contributed by atoms with Crippen molar-refractivity contribution in [3.63, 3.8) is 0 Å². The number of carboxylic acid groups (broad SMARTS) is 1. The highest BCUT2D eigenvalue weighted by molar-refractivity contribution is 6.02. The van der Waals surface area contributed by atoms with Crippen LogP contribution in [0.5, 0.6) is 0 Å². The minimum absolute atomic E-state index is 0.0245. The van der Waals surface area contributed by atoms with Crippen LogP contribution in [-0.4, -0.2) is 22.0 Å². The van der Waals surface area contributed by atoms with E-state index in [1.54, 1.807) is 43.5 Å². The van der Waals surface area contributed by atoms with Crippen LogP contribution in [0.25, 0.3) is 0 Å². The molecule has 0 saturated carbocycles. The number of rotatable bonds is 4. The molecule has 126 valence electrons. The first-order valence-corrected chi connectivity index (χ1v) is 7.79. The minimum Gasteiger partial charge on any atom is -0.481 e. The number of pyridine rings is 1. The molecule has 0 fully saturated rings. The third kappa shape index (κ3) is 4.19. The highest BCUT2D eigenvalue weighted by atomic mass is 16.4. The van der Waals surface area contributed by atoms with Crippen molar-refractivity contribution in [3.05, 3.63) is 59.4 Å². The Morgan fingerprint density at radius 2 is 1.88 bits per heavy atom. The molecule has 0 saturated heterocycles.